The van der Waals surface area contributed by atoms with E-state index < -0.39 is 0 Å². The Morgan fingerprint density at radius 1 is 1.36 bits per heavy atom. The molecular formula is C11H25N3. The zero-order valence-corrected chi connectivity index (χ0v) is 10.1. The van der Waals surface area contributed by atoms with Crippen molar-refractivity contribution in [3.05, 3.63) is 0 Å². The highest BCUT2D eigenvalue weighted by atomic mass is 15.1. The van der Waals surface area contributed by atoms with Gasteiger partial charge < -0.3 is 15.1 Å². The van der Waals surface area contributed by atoms with Gasteiger partial charge in [0.05, 0.1) is 0 Å². The van der Waals surface area contributed by atoms with E-state index in [2.05, 4.69) is 43.2 Å². The van der Waals surface area contributed by atoms with E-state index in [9.17, 15) is 0 Å². The summed E-state index contributed by atoms with van der Waals surface area (Å²) in [6, 6.07) is 1.38. The summed E-state index contributed by atoms with van der Waals surface area (Å²) in [6.07, 6.45) is 2.60. The SMILES string of the molecule is CC(CNC1CCN(C)CC1)N(C)C. The van der Waals surface area contributed by atoms with E-state index in [0.29, 0.717) is 6.04 Å². The monoisotopic (exact) mass is 199 g/mol. The molecule has 84 valence electrons. The van der Waals surface area contributed by atoms with Crippen molar-refractivity contribution < 1.29 is 0 Å². The molecule has 14 heavy (non-hydrogen) atoms. The van der Waals surface area contributed by atoms with Gasteiger partial charge in [-0.15, -0.1) is 0 Å². The van der Waals surface area contributed by atoms with Gasteiger partial charge >= 0.3 is 0 Å². The molecule has 3 nitrogen and oxygen atoms in total. The molecule has 1 heterocycles. The first-order valence-electron chi connectivity index (χ1n) is 5.68. The first-order chi connectivity index (χ1) is 6.59. The average Bonchev–Trinajstić information content (AvgIpc) is 2.16. The van der Waals surface area contributed by atoms with Gasteiger partial charge in [-0.3, -0.25) is 0 Å². The van der Waals surface area contributed by atoms with Gasteiger partial charge in [0.15, 0.2) is 0 Å². The van der Waals surface area contributed by atoms with Gasteiger partial charge in [-0.1, -0.05) is 0 Å². The number of likely N-dealkylation sites (tertiary alicyclic amines) is 1. The molecule has 1 N–H and O–H groups in total. The molecule has 1 rings (SSSR count). The highest BCUT2D eigenvalue weighted by Crippen LogP contribution is 2.08. The zero-order valence-electron chi connectivity index (χ0n) is 10.1. The van der Waals surface area contributed by atoms with Crippen LogP contribution in [0.2, 0.25) is 0 Å². The van der Waals surface area contributed by atoms with Crippen LogP contribution in [-0.4, -0.2) is 62.7 Å². The van der Waals surface area contributed by atoms with E-state index >= 15 is 0 Å². The Labute approximate surface area is 88.5 Å². The van der Waals surface area contributed by atoms with Gasteiger partial charge in [-0.25, -0.2) is 0 Å². The Balaban J connectivity index is 2.13. The fraction of sp³-hybridized carbons (Fsp3) is 1.00. The second-order valence-corrected chi connectivity index (χ2v) is 4.80. The zero-order chi connectivity index (χ0) is 10.6. The molecule has 1 aliphatic rings. The smallest absolute Gasteiger partial charge is 0.0186 e. The second kappa shape index (κ2) is 5.69. The number of nitrogens with zero attached hydrogens (tertiary/aromatic N) is 2. The summed E-state index contributed by atoms with van der Waals surface area (Å²) in [7, 11) is 6.49. The first kappa shape index (κ1) is 12.0. The lowest BCUT2D eigenvalue weighted by Gasteiger charge is -2.31. The lowest BCUT2D eigenvalue weighted by Crippen LogP contribution is -2.45. The van der Waals surface area contributed by atoms with Crippen molar-refractivity contribution in [3.63, 3.8) is 0 Å². The van der Waals surface area contributed by atoms with Crippen LogP contribution in [0.25, 0.3) is 0 Å². The molecule has 1 aliphatic heterocycles. The minimum atomic E-state index is 0.634. The quantitative estimate of drug-likeness (QED) is 0.716. The van der Waals surface area contributed by atoms with Gasteiger partial charge in [0.1, 0.15) is 0 Å². The molecule has 0 bridgehead atoms. The van der Waals surface area contributed by atoms with Crippen molar-refractivity contribution in [2.24, 2.45) is 0 Å². The van der Waals surface area contributed by atoms with Crippen LogP contribution >= 0.6 is 0 Å². The molecule has 0 aromatic rings. The summed E-state index contributed by atoms with van der Waals surface area (Å²) in [5.41, 5.74) is 0. The molecule has 0 aromatic heterocycles. The van der Waals surface area contributed by atoms with E-state index in [0.717, 1.165) is 12.6 Å². The van der Waals surface area contributed by atoms with Crippen molar-refractivity contribution in [2.75, 3.05) is 40.8 Å². The van der Waals surface area contributed by atoms with Crippen molar-refractivity contribution in [1.29, 1.82) is 0 Å². The standard InChI is InChI=1S/C11H25N3/c1-10(13(2)3)9-12-11-5-7-14(4)8-6-11/h10-12H,5-9H2,1-4H3. The maximum absolute atomic E-state index is 3.65. The van der Waals surface area contributed by atoms with Gasteiger partial charge in [-0.05, 0) is 54.0 Å². The third-order valence-electron chi connectivity index (χ3n) is 3.30. The predicted octanol–water partition coefficient (Wildman–Crippen LogP) is 0.620. The van der Waals surface area contributed by atoms with Crippen LogP contribution in [0.15, 0.2) is 0 Å². The molecule has 0 spiro atoms. The summed E-state index contributed by atoms with van der Waals surface area (Å²) in [4.78, 5) is 4.68. The van der Waals surface area contributed by atoms with E-state index in [-0.39, 0.29) is 0 Å². The van der Waals surface area contributed by atoms with Gasteiger partial charge in [0.2, 0.25) is 0 Å². The molecule has 0 aromatic carbocycles. The fourth-order valence-corrected chi connectivity index (χ4v) is 1.73. The van der Waals surface area contributed by atoms with Crippen molar-refractivity contribution in [3.8, 4) is 0 Å². The van der Waals surface area contributed by atoms with Crippen LogP contribution in [0.3, 0.4) is 0 Å². The summed E-state index contributed by atoms with van der Waals surface area (Å²) < 4.78 is 0. The van der Waals surface area contributed by atoms with Gasteiger partial charge in [0.25, 0.3) is 0 Å². The summed E-state index contributed by atoms with van der Waals surface area (Å²) in [5.74, 6) is 0. The minimum Gasteiger partial charge on any atom is -0.312 e. The summed E-state index contributed by atoms with van der Waals surface area (Å²) in [5, 5.41) is 3.65. The van der Waals surface area contributed by atoms with Crippen molar-refractivity contribution in [1.82, 2.24) is 15.1 Å². The predicted molar refractivity (Wildman–Crippen MR) is 61.7 cm³/mol. The largest absolute Gasteiger partial charge is 0.312 e. The summed E-state index contributed by atoms with van der Waals surface area (Å²) >= 11 is 0. The van der Waals surface area contributed by atoms with Crippen LogP contribution in [0, 0.1) is 0 Å². The van der Waals surface area contributed by atoms with Crippen LogP contribution < -0.4 is 5.32 Å². The maximum Gasteiger partial charge on any atom is 0.0186 e. The molecular weight excluding hydrogens is 174 g/mol. The van der Waals surface area contributed by atoms with Gasteiger partial charge in [0, 0.05) is 18.6 Å². The third kappa shape index (κ3) is 3.95. The normalized spacial score (nSPS) is 22.9. The van der Waals surface area contributed by atoms with Crippen LogP contribution in [0.1, 0.15) is 19.8 Å². The molecule has 0 saturated carbocycles. The van der Waals surface area contributed by atoms with E-state index in [4.69, 9.17) is 0 Å². The maximum atomic E-state index is 3.65. The molecule has 1 fully saturated rings. The Morgan fingerprint density at radius 3 is 2.43 bits per heavy atom. The van der Waals surface area contributed by atoms with Gasteiger partial charge in [-0.2, -0.15) is 0 Å². The number of rotatable bonds is 4. The highest BCUT2D eigenvalue weighted by Gasteiger charge is 2.16. The molecule has 1 saturated heterocycles. The Bertz CT molecular complexity index is 151. The average molecular weight is 199 g/mol. The number of hydrogen-bond acceptors (Lipinski definition) is 3. The van der Waals surface area contributed by atoms with Crippen LogP contribution in [0.4, 0.5) is 0 Å². The van der Waals surface area contributed by atoms with Crippen LogP contribution in [0.5, 0.6) is 0 Å². The first-order valence-corrected chi connectivity index (χ1v) is 5.68. The molecule has 1 unspecified atom stereocenters. The Kier molecular flexibility index (Phi) is 4.85. The minimum absolute atomic E-state index is 0.634. The lowest BCUT2D eigenvalue weighted by atomic mass is 10.1. The number of nitrogens with one attached hydrogen (secondary N) is 1. The summed E-state index contributed by atoms with van der Waals surface area (Å²) in [6.45, 7) is 5.87. The van der Waals surface area contributed by atoms with Crippen molar-refractivity contribution in [2.45, 2.75) is 31.8 Å². The lowest BCUT2D eigenvalue weighted by molar-refractivity contribution is 0.220. The molecule has 0 aliphatic carbocycles. The Morgan fingerprint density at radius 2 is 1.93 bits per heavy atom. The van der Waals surface area contributed by atoms with E-state index in [1.54, 1.807) is 0 Å². The van der Waals surface area contributed by atoms with E-state index in [1.807, 2.05) is 0 Å². The molecule has 0 radical (unpaired) electrons. The number of hydrogen-bond donors (Lipinski definition) is 1. The number of likely N-dealkylation sites (N-methyl/N-ethyl adjacent to an activating group) is 1. The highest BCUT2D eigenvalue weighted by molar-refractivity contribution is 4.77. The number of piperidine rings is 1. The van der Waals surface area contributed by atoms with Crippen molar-refractivity contribution >= 4 is 0 Å². The molecule has 3 heteroatoms. The van der Waals surface area contributed by atoms with Crippen LogP contribution in [-0.2, 0) is 0 Å². The fourth-order valence-electron chi connectivity index (χ4n) is 1.73. The molecule has 0 amide bonds. The third-order valence-corrected chi connectivity index (χ3v) is 3.30. The Hall–Kier alpha value is -0.120. The van der Waals surface area contributed by atoms with E-state index in [1.165, 1.54) is 25.9 Å². The molecule has 1 atom stereocenters. The second-order valence-electron chi connectivity index (χ2n) is 4.80. The topological polar surface area (TPSA) is 18.5 Å².